The highest BCUT2D eigenvalue weighted by atomic mass is 19.1. The van der Waals surface area contributed by atoms with Gasteiger partial charge in [0.25, 0.3) is 0 Å². The summed E-state index contributed by atoms with van der Waals surface area (Å²) in [6, 6.07) is 5.49. The van der Waals surface area contributed by atoms with Crippen LogP contribution in [0.25, 0.3) is 5.69 Å². The van der Waals surface area contributed by atoms with Crippen LogP contribution in [0.4, 0.5) is 10.1 Å². The van der Waals surface area contributed by atoms with Gasteiger partial charge in [-0.25, -0.2) is 9.07 Å². The average molecular weight is 333 g/mol. The van der Waals surface area contributed by atoms with Gasteiger partial charge in [-0.3, -0.25) is 9.59 Å². The van der Waals surface area contributed by atoms with E-state index in [1.165, 1.54) is 23.1 Å². The largest absolute Gasteiger partial charge is 0.346 e. The summed E-state index contributed by atoms with van der Waals surface area (Å²) < 4.78 is 15.0. The van der Waals surface area contributed by atoms with Gasteiger partial charge in [-0.15, -0.1) is 0 Å². The minimum absolute atomic E-state index is 0.0212. The molecule has 0 spiro atoms. The van der Waals surface area contributed by atoms with E-state index in [2.05, 4.69) is 15.7 Å². The van der Waals surface area contributed by atoms with Gasteiger partial charge in [-0.1, -0.05) is 26.0 Å². The van der Waals surface area contributed by atoms with Gasteiger partial charge in [0.05, 0.1) is 30.7 Å². The molecule has 0 aliphatic heterocycles. The smallest absolute Gasteiger partial charge is 0.243 e. The molecule has 0 bridgehead atoms. The standard InChI is InChI=1S/C16H20FN5O2/c1-10(2)15(18)16(24)19-8-14(23)21-11-7-20-22(9-11)13-6-4-3-5-12(13)17/h3-7,9-10,15H,8,18H2,1-2H3,(H,19,24)(H,21,23)/t15-/m0/s1. The number of para-hydroxylation sites is 1. The predicted molar refractivity (Wildman–Crippen MR) is 88.0 cm³/mol. The molecule has 0 saturated heterocycles. The normalized spacial score (nSPS) is 12.0. The summed E-state index contributed by atoms with van der Waals surface area (Å²) in [5.74, 6) is -1.25. The van der Waals surface area contributed by atoms with Crippen molar-refractivity contribution in [2.24, 2.45) is 11.7 Å². The maximum atomic E-state index is 13.7. The quantitative estimate of drug-likeness (QED) is 0.735. The van der Waals surface area contributed by atoms with Crippen LogP contribution in [0.5, 0.6) is 0 Å². The lowest BCUT2D eigenvalue weighted by Gasteiger charge is -2.14. The Hall–Kier alpha value is -2.74. The highest BCUT2D eigenvalue weighted by Gasteiger charge is 2.17. The van der Waals surface area contributed by atoms with E-state index in [4.69, 9.17) is 5.73 Å². The fraction of sp³-hybridized carbons (Fsp3) is 0.312. The number of nitrogens with one attached hydrogen (secondary N) is 2. The number of nitrogens with zero attached hydrogens (tertiary/aromatic N) is 2. The van der Waals surface area contributed by atoms with E-state index in [9.17, 15) is 14.0 Å². The number of aromatic nitrogens is 2. The van der Waals surface area contributed by atoms with E-state index in [1.807, 2.05) is 13.8 Å². The number of anilines is 1. The monoisotopic (exact) mass is 333 g/mol. The average Bonchev–Trinajstić information content (AvgIpc) is 3.00. The van der Waals surface area contributed by atoms with Crippen molar-refractivity contribution < 1.29 is 14.0 Å². The van der Waals surface area contributed by atoms with Crippen molar-refractivity contribution in [3.63, 3.8) is 0 Å². The molecule has 0 aliphatic rings. The van der Waals surface area contributed by atoms with Gasteiger partial charge in [-0.2, -0.15) is 5.10 Å². The molecule has 2 rings (SSSR count). The van der Waals surface area contributed by atoms with E-state index in [0.717, 1.165) is 0 Å². The highest BCUT2D eigenvalue weighted by Crippen LogP contribution is 2.14. The second-order valence-electron chi connectivity index (χ2n) is 5.66. The van der Waals surface area contributed by atoms with E-state index >= 15 is 0 Å². The molecule has 1 heterocycles. The van der Waals surface area contributed by atoms with Crippen LogP contribution >= 0.6 is 0 Å². The molecule has 1 atom stereocenters. The molecule has 0 aliphatic carbocycles. The Bertz CT molecular complexity index is 729. The van der Waals surface area contributed by atoms with E-state index in [1.54, 1.807) is 18.2 Å². The second-order valence-corrected chi connectivity index (χ2v) is 5.66. The van der Waals surface area contributed by atoms with Crippen LogP contribution in [-0.2, 0) is 9.59 Å². The van der Waals surface area contributed by atoms with Crippen molar-refractivity contribution in [1.29, 1.82) is 0 Å². The first-order valence-electron chi connectivity index (χ1n) is 7.51. The Morgan fingerprint density at radius 3 is 2.71 bits per heavy atom. The Labute approximate surface area is 139 Å². The zero-order valence-corrected chi connectivity index (χ0v) is 13.5. The molecule has 1 aromatic heterocycles. The molecule has 0 radical (unpaired) electrons. The SMILES string of the molecule is CC(C)[C@H](N)C(=O)NCC(=O)Nc1cnn(-c2ccccc2F)c1. The summed E-state index contributed by atoms with van der Waals surface area (Å²) in [7, 11) is 0. The first-order chi connectivity index (χ1) is 11.4. The van der Waals surface area contributed by atoms with Gasteiger partial charge in [0, 0.05) is 0 Å². The number of benzene rings is 1. The maximum absolute atomic E-state index is 13.7. The molecule has 128 valence electrons. The van der Waals surface area contributed by atoms with Gasteiger partial charge >= 0.3 is 0 Å². The number of carbonyl (C=O) groups excluding carboxylic acids is 2. The van der Waals surface area contributed by atoms with Crippen molar-refractivity contribution in [2.75, 3.05) is 11.9 Å². The first-order valence-corrected chi connectivity index (χ1v) is 7.51. The molecular weight excluding hydrogens is 313 g/mol. The Kier molecular flexibility index (Phi) is 5.64. The van der Waals surface area contributed by atoms with Crippen molar-refractivity contribution in [2.45, 2.75) is 19.9 Å². The molecule has 24 heavy (non-hydrogen) atoms. The van der Waals surface area contributed by atoms with Gasteiger partial charge in [0.15, 0.2) is 0 Å². The fourth-order valence-corrected chi connectivity index (χ4v) is 1.95. The summed E-state index contributed by atoms with van der Waals surface area (Å²) in [6.07, 6.45) is 2.88. The Balaban J connectivity index is 1.92. The molecule has 8 heteroatoms. The summed E-state index contributed by atoms with van der Waals surface area (Å²) in [5, 5.41) is 9.04. The zero-order valence-electron chi connectivity index (χ0n) is 13.5. The molecule has 2 amide bonds. The lowest BCUT2D eigenvalue weighted by atomic mass is 10.1. The van der Waals surface area contributed by atoms with Gasteiger partial charge in [-0.05, 0) is 18.1 Å². The molecule has 0 unspecified atom stereocenters. The lowest BCUT2D eigenvalue weighted by Crippen LogP contribution is -2.46. The number of nitrogens with two attached hydrogens (primary N) is 1. The zero-order chi connectivity index (χ0) is 17.7. The number of hydrogen-bond donors (Lipinski definition) is 3. The first kappa shape index (κ1) is 17.6. The summed E-state index contributed by atoms with van der Waals surface area (Å²) in [6.45, 7) is 3.44. The highest BCUT2D eigenvalue weighted by molar-refractivity contribution is 5.95. The van der Waals surface area contributed by atoms with Crippen molar-refractivity contribution in [3.05, 3.63) is 42.5 Å². The van der Waals surface area contributed by atoms with E-state index in [-0.39, 0.29) is 24.1 Å². The van der Waals surface area contributed by atoms with Crippen LogP contribution in [0.2, 0.25) is 0 Å². The van der Waals surface area contributed by atoms with Crippen molar-refractivity contribution in [1.82, 2.24) is 15.1 Å². The number of hydrogen-bond acceptors (Lipinski definition) is 4. The topological polar surface area (TPSA) is 102 Å². The number of carbonyl (C=O) groups is 2. The Morgan fingerprint density at radius 1 is 1.33 bits per heavy atom. The molecule has 1 aromatic carbocycles. The van der Waals surface area contributed by atoms with E-state index in [0.29, 0.717) is 5.69 Å². The minimum atomic E-state index is -0.665. The van der Waals surface area contributed by atoms with Crippen LogP contribution in [0.3, 0.4) is 0 Å². The van der Waals surface area contributed by atoms with Crippen LogP contribution in [0.1, 0.15) is 13.8 Å². The Morgan fingerprint density at radius 2 is 2.04 bits per heavy atom. The summed E-state index contributed by atoms with van der Waals surface area (Å²) >= 11 is 0. The molecule has 7 nitrogen and oxygen atoms in total. The van der Waals surface area contributed by atoms with Crippen molar-refractivity contribution in [3.8, 4) is 5.69 Å². The molecule has 4 N–H and O–H groups in total. The van der Waals surface area contributed by atoms with Crippen LogP contribution < -0.4 is 16.4 Å². The van der Waals surface area contributed by atoms with Gasteiger partial charge in [0.1, 0.15) is 11.5 Å². The van der Waals surface area contributed by atoms with E-state index < -0.39 is 17.8 Å². The van der Waals surface area contributed by atoms with Crippen LogP contribution in [0.15, 0.2) is 36.7 Å². The minimum Gasteiger partial charge on any atom is -0.346 e. The van der Waals surface area contributed by atoms with Gasteiger partial charge < -0.3 is 16.4 Å². The van der Waals surface area contributed by atoms with Crippen LogP contribution in [-0.4, -0.2) is 34.2 Å². The lowest BCUT2D eigenvalue weighted by molar-refractivity contribution is -0.125. The van der Waals surface area contributed by atoms with Crippen LogP contribution in [0, 0.1) is 11.7 Å². The number of halogens is 1. The van der Waals surface area contributed by atoms with Gasteiger partial charge in [0.2, 0.25) is 11.8 Å². The third-order valence-corrected chi connectivity index (χ3v) is 3.41. The van der Waals surface area contributed by atoms with Crippen molar-refractivity contribution >= 4 is 17.5 Å². The summed E-state index contributed by atoms with van der Waals surface area (Å²) in [5.41, 5.74) is 6.35. The maximum Gasteiger partial charge on any atom is 0.243 e. The predicted octanol–water partition coefficient (Wildman–Crippen LogP) is 1.05. The molecule has 0 fully saturated rings. The third-order valence-electron chi connectivity index (χ3n) is 3.41. The fourth-order valence-electron chi connectivity index (χ4n) is 1.95. The summed E-state index contributed by atoms with van der Waals surface area (Å²) in [4.78, 5) is 23.5. The molecule has 0 saturated carbocycles. The second kappa shape index (κ2) is 7.69. The number of amides is 2. The third kappa shape index (κ3) is 4.39. The molecule has 2 aromatic rings. The number of rotatable bonds is 6. The molecular formula is C16H20FN5O2.